The van der Waals surface area contributed by atoms with Crippen molar-refractivity contribution in [1.29, 1.82) is 5.26 Å². The maximum Gasteiger partial charge on any atom is 0.152 e. The van der Waals surface area contributed by atoms with Crippen LogP contribution in [-0.2, 0) is 0 Å². The minimum absolute atomic E-state index is 0.553. The molecule has 4 rings (SSSR count). The number of benzene rings is 1. The Balaban J connectivity index is 2.03. The molecule has 0 atom stereocenters. The Morgan fingerprint density at radius 3 is 2.85 bits per heavy atom. The highest BCUT2D eigenvalue weighted by Gasteiger charge is 2.29. The summed E-state index contributed by atoms with van der Waals surface area (Å²) in [6, 6.07) is 10.6. The average molecular weight is 344 g/mol. The highest BCUT2D eigenvalue weighted by Crippen LogP contribution is 2.43. The van der Waals surface area contributed by atoms with E-state index in [0.29, 0.717) is 11.6 Å². The van der Waals surface area contributed by atoms with E-state index in [2.05, 4.69) is 38.0 Å². The molecule has 0 spiro atoms. The zero-order valence-electron chi connectivity index (χ0n) is 10.5. The molecule has 0 bridgehead atoms. The lowest BCUT2D eigenvalue weighted by atomic mass is 10.2. The predicted octanol–water partition coefficient (Wildman–Crippen LogP) is 4.73. The molecule has 1 aliphatic carbocycles. The summed E-state index contributed by atoms with van der Waals surface area (Å²) in [7, 11) is 0. The van der Waals surface area contributed by atoms with Crippen molar-refractivity contribution in [3.63, 3.8) is 0 Å². The third-order valence-corrected chi connectivity index (χ3v) is 5.38. The van der Waals surface area contributed by atoms with Crippen LogP contribution in [0.1, 0.15) is 24.4 Å². The summed E-state index contributed by atoms with van der Waals surface area (Å²) in [4.78, 5) is 5.94. The molecule has 20 heavy (non-hydrogen) atoms. The number of fused-ring (bicyclic) bond motifs is 1. The van der Waals surface area contributed by atoms with E-state index in [4.69, 9.17) is 10.2 Å². The minimum atomic E-state index is 0.553. The second kappa shape index (κ2) is 4.44. The summed E-state index contributed by atoms with van der Waals surface area (Å²) >= 11 is 5.29. The Bertz CT molecular complexity index is 852. The van der Waals surface area contributed by atoms with Crippen molar-refractivity contribution in [3.05, 3.63) is 39.7 Å². The van der Waals surface area contributed by atoms with Gasteiger partial charge in [0, 0.05) is 10.5 Å². The quantitative estimate of drug-likeness (QED) is 0.674. The van der Waals surface area contributed by atoms with E-state index in [1.54, 1.807) is 11.3 Å². The summed E-state index contributed by atoms with van der Waals surface area (Å²) in [6.07, 6.45) is 2.42. The van der Waals surface area contributed by atoms with Gasteiger partial charge < -0.3 is 4.57 Å². The molecule has 1 aliphatic rings. The molecule has 1 fully saturated rings. The molecule has 0 radical (unpaired) electrons. The van der Waals surface area contributed by atoms with E-state index in [-0.39, 0.29) is 0 Å². The molecule has 0 amide bonds. The standard InChI is InChI=1S/C15H10BrN3S/c16-11-5-6-20-14(11)15-18-12-7-9(8-17)1-4-13(12)19(15)10-2-3-10/h1,4-7,10H,2-3H2. The van der Waals surface area contributed by atoms with Gasteiger partial charge in [-0.05, 0) is 58.4 Å². The van der Waals surface area contributed by atoms with Crippen LogP contribution in [0.3, 0.4) is 0 Å². The van der Waals surface area contributed by atoms with Crippen molar-refractivity contribution in [3.8, 4) is 16.8 Å². The minimum Gasteiger partial charge on any atom is -0.320 e. The Hall–Kier alpha value is -1.64. The number of hydrogen-bond acceptors (Lipinski definition) is 3. The van der Waals surface area contributed by atoms with Crippen molar-refractivity contribution in [2.24, 2.45) is 0 Å². The molecule has 0 aliphatic heterocycles. The van der Waals surface area contributed by atoms with Gasteiger partial charge >= 0.3 is 0 Å². The van der Waals surface area contributed by atoms with E-state index in [1.807, 2.05) is 18.2 Å². The number of nitriles is 1. The highest BCUT2D eigenvalue weighted by atomic mass is 79.9. The van der Waals surface area contributed by atoms with Gasteiger partial charge in [-0.1, -0.05) is 0 Å². The van der Waals surface area contributed by atoms with Crippen LogP contribution < -0.4 is 0 Å². The fourth-order valence-corrected chi connectivity index (χ4v) is 4.02. The van der Waals surface area contributed by atoms with Crippen LogP contribution in [0.15, 0.2) is 34.1 Å². The second-order valence-electron chi connectivity index (χ2n) is 4.95. The Labute approximate surface area is 128 Å². The third-order valence-electron chi connectivity index (χ3n) is 3.55. The molecule has 0 unspecified atom stereocenters. The number of thiophene rings is 1. The second-order valence-corrected chi connectivity index (χ2v) is 6.72. The van der Waals surface area contributed by atoms with Crippen LogP contribution in [0.25, 0.3) is 21.7 Å². The SMILES string of the molecule is N#Cc1ccc2c(c1)nc(-c1sccc1Br)n2C1CC1. The highest BCUT2D eigenvalue weighted by molar-refractivity contribution is 9.10. The number of nitrogens with zero attached hydrogens (tertiary/aromatic N) is 3. The topological polar surface area (TPSA) is 41.6 Å². The number of rotatable bonds is 2. The maximum atomic E-state index is 9.03. The van der Waals surface area contributed by atoms with Gasteiger partial charge in [-0.3, -0.25) is 0 Å². The van der Waals surface area contributed by atoms with E-state index in [0.717, 1.165) is 26.2 Å². The lowest BCUT2D eigenvalue weighted by Gasteiger charge is -2.06. The monoisotopic (exact) mass is 343 g/mol. The number of hydrogen-bond donors (Lipinski definition) is 0. The van der Waals surface area contributed by atoms with Crippen LogP contribution in [0.2, 0.25) is 0 Å². The summed E-state index contributed by atoms with van der Waals surface area (Å²) in [5, 5.41) is 11.1. The van der Waals surface area contributed by atoms with Crippen LogP contribution in [-0.4, -0.2) is 9.55 Å². The molecule has 2 aromatic heterocycles. The first-order valence-corrected chi connectivity index (χ1v) is 8.10. The summed E-state index contributed by atoms with van der Waals surface area (Å²) in [6.45, 7) is 0. The fraction of sp³-hybridized carbons (Fsp3) is 0.200. The van der Waals surface area contributed by atoms with Crippen LogP contribution >= 0.6 is 27.3 Å². The Morgan fingerprint density at radius 2 is 2.20 bits per heavy atom. The first kappa shape index (κ1) is 12.1. The predicted molar refractivity (Wildman–Crippen MR) is 83.7 cm³/mol. The summed E-state index contributed by atoms with van der Waals surface area (Å²) in [5.41, 5.74) is 2.70. The Kier molecular flexibility index (Phi) is 2.69. The molecule has 0 saturated heterocycles. The van der Waals surface area contributed by atoms with E-state index >= 15 is 0 Å². The number of aromatic nitrogens is 2. The molecular weight excluding hydrogens is 334 g/mol. The smallest absolute Gasteiger partial charge is 0.152 e. The van der Waals surface area contributed by atoms with Gasteiger partial charge in [-0.15, -0.1) is 11.3 Å². The molecule has 0 N–H and O–H groups in total. The van der Waals surface area contributed by atoms with E-state index in [9.17, 15) is 0 Å². The molecule has 98 valence electrons. The molecule has 5 heteroatoms. The molecule has 3 nitrogen and oxygen atoms in total. The fourth-order valence-electron chi connectivity index (χ4n) is 2.48. The normalized spacial score (nSPS) is 14.6. The Morgan fingerprint density at radius 1 is 1.35 bits per heavy atom. The van der Waals surface area contributed by atoms with Crippen molar-refractivity contribution in [2.45, 2.75) is 18.9 Å². The summed E-state index contributed by atoms with van der Waals surface area (Å²) < 4.78 is 3.41. The first-order chi connectivity index (χ1) is 9.78. The third kappa shape index (κ3) is 1.80. The van der Waals surface area contributed by atoms with Gasteiger partial charge in [0.1, 0.15) is 0 Å². The van der Waals surface area contributed by atoms with Crippen molar-refractivity contribution in [2.75, 3.05) is 0 Å². The van der Waals surface area contributed by atoms with E-state index < -0.39 is 0 Å². The van der Waals surface area contributed by atoms with Gasteiger partial charge in [0.15, 0.2) is 5.82 Å². The maximum absolute atomic E-state index is 9.03. The number of imidazole rings is 1. The molecule has 1 saturated carbocycles. The van der Waals surface area contributed by atoms with Gasteiger partial charge in [0.25, 0.3) is 0 Å². The van der Waals surface area contributed by atoms with E-state index in [1.165, 1.54) is 12.8 Å². The van der Waals surface area contributed by atoms with Gasteiger partial charge in [0.05, 0.1) is 27.5 Å². The van der Waals surface area contributed by atoms with Crippen molar-refractivity contribution >= 4 is 38.3 Å². The van der Waals surface area contributed by atoms with Crippen LogP contribution in [0.5, 0.6) is 0 Å². The van der Waals surface area contributed by atoms with Crippen LogP contribution in [0, 0.1) is 11.3 Å². The molecule has 1 aromatic carbocycles. The lowest BCUT2D eigenvalue weighted by Crippen LogP contribution is -1.96. The first-order valence-electron chi connectivity index (χ1n) is 6.43. The summed E-state index contributed by atoms with van der Waals surface area (Å²) in [5.74, 6) is 1.01. The van der Waals surface area contributed by atoms with Gasteiger partial charge in [0.2, 0.25) is 0 Å². The zero-order valence-corrected chi connectivity index (χ0v) is 12.9. The van der Waals surface area contributed by atoms with Crippen LogP contribution in [0.4, 0.5) is 0 Å². The number of halogens is 1. The van der Waals surface area contributed by atoms with Gasteiger partial charge in [-0.2, -0.15) is 5.26 Å². The zero-order chi connectivity index (χ0) is 13.7. The largest absolute Gasteiger partial charge is 0.320 e. The average Bonchev–Trinajstić information content (AvgIpc) is 3.10. The van der Waals surface area contributed by atoms with Crippen molar-refractivity contribution in [1.82, 2.24) is 9.55 Å². The molecular formula is C15H10BrN3S. The van der Waals surface area contributed by atoms with Gasteiger partial charge in [-0.25, -0.2) is 4.98 Å². The van der Waals surface area contributed by atoms with Crippen molar-refractivity contribution < 1.29 is 0 Å². The molecule has 2 heterocycles. The molecule has 3 aromatic rings. The lowest BCUT2D eigenvalue weighted by molar-refractivity contribution is 0.776.